The van der Waals surface area contributed by atoms with Gasteiger partial charge in [0, 0.05) is 4.47 Å². The monoisotopic (exact) mass is 315 g/mol. The maximum Gasteiger partial charge on any atom is 0.339 e. The second kappa shape index (κ2) is 5.86. The predicted molar refractivity (Wildman–Crippen MR) is 69.7 cm³/mol. The highest BCUT2D eigenvalue weighted by Gasteiger charge is 2.17. The standard InChI is InChI=1S/C12H14BrNO4/c1-6-3-8(13)4-9(12(16)17)10(6)18-5-7(2)11(14)15/h3-4,7H,5H2,1-2H3,(H2,14,15)(H,16,17). The molecule has 0 spiro atoms. The van der Waals surface area contributed by atoms with Crippen LogP contribution in [0.2, 0.25) is 0 Å². The second-order valence-corrected chi connectivity index (χ2v) is 4.93. The van der Waals surface area contributed by atoms with Crippen molar-refractivity contribution in [2.75, 3.05) is 6.61 Å². The maximum atomic E-state index is 11.1. The van der Waals surface area contributed by atoms with E-state index in [-0.39, 0.29) is 17.9 Å². The van der Waals surface area contributed by atoms with Gasteiger partial charge in [-0.3, -0.25) is 4.79 Å². The molecule has 0 aromatic heterocycles. The summed E-state index contributed by atoms with van der Waals surface area (Å²) >= 11 is 3.23. The quantitative estimate of drug-likeness (QED) is 0.869. The van der Waals surface area contributed by atoms with Crippen LogP contribution in [0.5, 0.6) is 5.75 Å². The first kappa shape index (κ1) is 14.5. The minimum absolute atomic E-state index is 0.0537. The molecule has 0 heterocycles. The summed E-state index contributed by atoms with van der Waals surface area (Å²) in [5.74, 6) is -1.78. The highest BCUT2D eigenvalue weighted by Crippen LogP contribution is 2.28. The number of benzene rings is 1. The lowest BCUT2D eigenvalue weighted by Gasteiger charge is -2.14. The van der Waals surface area contributed by atoms with Crippen LogP contribution in [0.25, 0.3) is 0 Å². The van der Waals surface area contributed by atoms with E-state index in [1.807, 2.05) is 0 Å². The summed E-state index contributed by atoms with van der Waals surface area (Å²) in [6, 6.07) is 3.20. The lowest BCUT2D eigenvalue weighted by atomic mass is 10.1. The average Bonchev–Trinajstić information content (AvgIpc) is 2.26. The highest BCUT2D eigenvalue weighted by molar-refractivity contribution is 9.10. The number of hydrogen-bond acceptors (Lipinski definition) is 3. The zero-order valence-electron chi connectivity index (χ0n) is 10.1. The fourth-order valence-corrected chi connectivity index (χ4v) is 1.94. The number of amides is 1. The van der Waals surface area contributed by atoms with E-state index in [1.54, 1.807) is 19.9 Å². The summed E-state index contributed by atoms with van der Waals surface area (Å²) < 4.78 is 6.06. The molecule has 0 saturated carbocycles. The molecule has 98 valence electrons. The number of aryl methyl sites for hydroxylation is 1. The van der Waals surface area contributed by atoms with Gasteiger partial charge in [0.15, 0.2) is 0 Å². The number of primary amides is 1. The van der Waals surface area contributed by atoms with Gasteiger partial charge in [0.05, 0.1) is 12.5 Å². The van der Waals surface area contributed by atoms with E-state index in [0.29, 0.717) is 10.0 Å². The van der Waals surface area contributed by atoms with Crippen molar-refractivity contribution < 1.29 is 19.4 Å². The van der Waals surface area contributed by atoms with Crippen LogP contribution < -0.4 is 10.5 Å². The van der Waals surface area contributed by atoms with Gasteiger partial charge in [0.1, 0.15) is 11.3 Å². The van der Waals surface area contributed by atoms with Gasteiger partial charge in [-0.1, -0.05) is 22.9 Å². The smallest absolute Gasteiger partial charge is 0.339 e. The molecule has 0 radical (unpaired) electrons. The Morgan fingerprint density at radius 1 is 1.50 bits per heavy atom. The minimum atomic E-state index is -1.08. The van der Waals surface area contributed by atoms with Crippen LogP contribution in [0.15, 0.2) is 16.6 Å². The maximum absolute atomic E-state index is 11.1. The van der Waals surface area contributed by atoms with E-state index in [2.05, 4.69) is 15.9 Å². The van der Waals surface area contributed by atoms with Crippen molar-refractivity contribution in [2.45, 2.75) is 13.8 Å². The molecule has 6 heteroatoms. The zero-order chi connectivity index (χ0) is 13.9. The Bertz CT molecular complexity index is 487. The molecule has 3 N–H and O–H groups in total. The average molecular weight is 316 g/mol. The molecule has 18 heavy (non-hydrogen) atoms. The molecule has 0 aliphatic rings. The summed E-state index contributed by atoms with van der Waals surface area (Å²) in [6.45, 7) is 3.41. The number of rotatable bonds is 5. The summed E-state index contributed by atoms with van der Waals surface area (Å²) in [5.41, 5.74) is 5.85. The molecule has 1 amide bonds. The van der Waals surface area contributed by atoms with E-state index in [9.17, 15) is 9.59 Å². The number of carbonyl (C=O) groups is 2. The molecule has 0 aliphatic carbocycles. The van der Waals surface area contributed by atoms with E-state index in [4.69, 9.17) is 15.6 Å². The summed E-state index contributed by atoms with van der Waals surface area (Å²) in [7, 11) is 0. The third kappa shape index (κ3) is 3.46. The number of nitrogens with two attached hydrogens (primary N) is 1. The van der Waals surface area contributed by atoms with Gasteiger partial charge in [-0.15, -0.1) is 0 Å². The topological polar surface area (TPSA) is 89.6 Å². The Kier molecular flexibility index (Phi) is 4.72. The SMILES string of the molecule is Cc1cc(Br)cc(C(=O)O)c1OCC(C)C(N)=O. The fraction of sp³-hybridized carbons (Fsp3) is 0.333. The Labute approximate surface area is 113 Å². The van der Waals surface area contributed by atoms with E-state index in [0.717, 1.165) is 0 Å². The first-order valence-electron chi connectivity index (χ1n) is 5.28. The molecule has 1 aromatic carbocycles. The van der Waals surface area contributed by atoms with Gasteiger partial charge in [-0.25, -0.2) is 4.79 Å². The number of aromatic carboxylic acids is 1. The Morgan fingerprint density at radius 3 is 2.61 bits per heavy atom. The van der Waals surface area contributed by atoms with Crippen molar-refractivity contribution in [3.63, 3.8) is 0 Å². The molecular formula is C12H14BrNO4. The number of carboxylic acids is 1. The van der Waals surface area contributed by atoms with Crippen molar-refractivity contribution >= 4 is 27.8 Å². The number of hydrogen-bond donors (Lipinski definition) is 2. The van der Waals surface area contributed by atoms with Crippen LogP contribution in [0.4, 0.5) is 0 Å². The summed E-state index contributed by atoms with van der Waals surface area (Å²) in [4.78, 5) is 22.0. The number of carbonyl (C=O) groups excluding carboxylic acids is 1. The minimum Gasteiger partial charge on any atom is -0.492 e. The normalized spacial score (nSPS) is 11.9. The zero-order valence-corrected chi connectivity index (χ0v) is 11.7. The van der Waals surface area contributed by atoms with Crippen molar-refractivity contribution in [3.8, 4) is 5.75 Å². The van der Waals surface area contributed by atoms with Crippen molar-refractivity contribution in [1.29, 1.82) is 0 Å². The molecule has 0 bridgehead atoms. The molecule has 1 rings (SSSR count). The van der Waals surface area contributed by atoms with Crippen LogP contribution in [0.3, 0.4) is 0 Å². The molecule has 1 aromatic rings. The van der Waals surface area contributed by atoms with Crippen LogP contribution in [0, 0.1) is 12.8 Å². The molecular weight excluding hydrogens is 302 g/mol. The predicted octanol–water partition coefficient (Wildman–Crippen LogP) is 1.96. The van der Waals surface area contributed by atoms with Crippen LogP contribution in [-0.4, -0.2) is 23.6 Å². The number of ether oxygens (including phenoxy) is 1. The van der Waals surface area contributed by atoms with Crippen molar-refractivity contribution in [2.24, 2.45) is 11.7 Å². The molecule has 1 atom stereocenters. The second-order valence-electron chi connectivity index (χ2n) is 4.02. The number of halogens is 1. The van der Waals surface area contributed by atoms with E-state index in [1.165, 1.54) is 6.07 Å². The third-order valence-corrected chi connectivity index (χ3v) is 2.89. The van der Waals surface area contributed by atoms with Gasteiger partial charge in [0.25, 0.3) is 0 Å². The Morgan fingerprint density at radius 2 is 2.11 bits per heavy atom. The Hall–Kier alpha value is -1.56. The van der Waals surface area contributed by atoms with E-state index < -0.39 is 17.8 Å². The Balaban J connectivity index is 3.00. The summed E-state index contributed by atoms with van der Waals surface area (Å²) in [6.07, 6.45) is 0. The lowest BCUT2D eigenvalue weighted by molar-refractivity contribution is -0.122. The first-order chi connectivity index (χ1) is 8.32. The molecule has 0 aliphatic heterocycles. The van der Waals surface area contributed by atoms with Crippen LogP contribution >= 0.6 is 15.9 Å². The number of carboxylic acid groups (broad SMARTS) is 1. The van der Waals surface area contributed by atoms with Crippen molar-refractivity contribution in [1.82, 2.24) is 0 Å². The largest absolute Gasteiger partial charge is 0.492 e. The molecule has 5 nitrogen and oxygen atoms in total. The lowest BCUT2D eigenvalue weighted by Crippen LogP contribution is -2.26. The molecule has 1 unspecified atom stereocenters. The van der Waals surface area contributed by atoms with Gasteiger partial charge >= 0.3 is 5.97 Å². The molecule has 0 fully saturated rings. The van der Waals surface area contributed by atoms with Gasteiger partial charge in [-0.2, -0.15) is 0 Å². The highest BCUT2D eigenvalue weighted by atomic mass is 79.9. The first-order valence-corrected chi connectivity index (χ1v) is 6.07. The van der Waals surface area contributed by atoms with Crippen LogP contribution in [0.1, 0.15) is 22.8 Å². The van der Waals surface area contributed by atoms with Gasteiger partial charge in [0.2, 0.25) is 5.91 Å². The third-order valence-electron chi connectivity index (χ3n) is 2.43. The molecule has 0 saturated heterocycles. The van der Waals surface area contributed by atoms with Crippen molar-refractivity contribution in [3.05, 3.63) is 27.7 Å². The van der Waals surface area contributed by atoms with E-state index >= 15 is 0 Å². The van der Waals surface area contributed by atoms with Gasteiger partial charge in [-0.05, 0) is 24.6 Å². The fourth-order valence-electron chi connectivity index (χ4n) is 1.37. The van der Waals surface area contributed by atoms with Crippen LogP contribution in [-0.2, 0) is 4.79 Å². The van der Waals surface area contributed by atoms with Gasteiger partial charge < -0.3 is 15.6 Å². The summed E-state index contributed by atoms with van der Waals surface area (Å²) in [5, 5.41) is 9.10.